The van der Waals surface area contributed by atoms with Crippen molar-refractivity contribution in [3.8, 4) is 5.75 Å². The van der Waals surface area contributed by atoms with Crippen LogP contribution in [-0.4, -0.2) is 26.7 Å². The molecule has 0 bridgehead atoms. The van der Waals surface area contributed by atoms with Gasteiger partial charge in [-0.25, -0.2) is 0 Å². The van der Waals surface area contributed by atoms with Crippen molar-refractivity contribution in [2.24, 2.45) is 0 Å². The number of benzene rings is 2. The molecule has 2 aromatic carbocycles. The van der Waals surface area contributed by atoms with Crippen LogP contribution in [0.5, 0.6) is 5.75 Å². The molecule has 0 aliphatic heterocycles. The van der Waals surface area contributed by atoms with E-state index in [-0.39, 0.29) is 0 Å². The minimum absolute atomic E-state index is 0.324. The molecule has 9 heteroatoms. The van der Waals surface area contributed by atoms with Crippen LogP contribution in [0.25, 0.3) is 10.8 Å². The van der Waals surface area contributed by atoms with E-state index in [4.69, 9.17) is 4.74 Å². The monoisotopic (exact) mass is 570 g/mol. The molecular weight excluding hydrogens is 522 g/mol. The van der Waals surface area contributed by atoms with E-state index in [0.717, 1.165) is 25.7 Å². The highest BCUT2D eigenvalue weighted by Crippen LogP contribution is 2.66. The van der Waals surface area contributed by atoms with Gasteiger partial charge in [0, 0.05) is 5.56 Å². The van der Waals surface area contributed by atoms with E-state index in [1.54, 1.807) is 18.2 Å². The summed E-state index contributed by atoms with van der Waals surface area (Å²) in [5, 5.41) is -1.34. The average molecular weight is 571 g/mol. The molecule has 0 fully saturated rings. The quantitative estimate of drug-likeness (QED) is 0.141. The first-order valence-electron chi connectivity index (χ1n) is 14.1. The maximum absolute atomic E-state index is 13.3. The van der Waals surface area contributed by atoms with Crippen LogP contribution in [0.1, 0.15) is 116 Å². The van der Waals surface area contributed by atoms with E-state index < -0.39 is 25.5 Å². The summed E-state index contributed by atoms with van der Waals surface area (Å²) in [6.45, 7) is 8.03. The van der Waals surface area contributed by atoms with Crippen LogP contribution in [0, 0.1) is 0 Å². The molecule has 7 nitrogen and oxygen atoms in total. The van der Waals surface area contributed by atoms with Gasteiger partial charge < -0.3 is 24.3 Å². The summed E-state index contributed by atoms with van der Waals surface area (Å²) in [5.74, 6) is 0.430. The topological polar surface area (TPSA) is 124 Å². The lowest BCUT2D eigenvalue weighted by molar-refractivity contribution is 0.295. The maximum Gasteiger partial charge on any atom is 0.336 e. The highest BCUT2D eigenvalue weighted by atomic mass is 31.2. The molecule has 0 saturated carbocycles. The van der Waals surface area contributed by atoms with E-state index in [2.05, 4.69) is 0 Å². The van der Waals surface area contributed by atoms with Crippen molar-refractivity contribution >= 4 is 26.0 Å². The number of fused-ring (bicyclic) bond motifs is 1. The molecule has 0 aromatic heterocycles. The molecule has 0 atom stereocenters. The molecule has 38 heavy (non-hydrogen) atoms. The first kappa shape index (κ1) is 33.0. The zero-order valence-corrected chi connectivity index (χ0v) is 25.6. The Hall–Kier alpha value is -1.20. The molecular formula is C29H48O7P2. The van der Waals surface area contributed by atoms with Crippen molar-refractivity contribution in [2.75, 3.05) is 7.11 Å². The van der Waals surface area contributed by atoms with Crippen LogP contribution in [-0.2, 0) is 19.4 Å². The van der Waals surface area contributed by atoms with E-state index in [1.807, 2.05) is 39.8 Å². The van der Waals surface area contributed by atoms with Crippen LogP contribution in [0.3, 0.4) is 0 Å². The predicted octanol–water partition coefficient (Wildman–Crippen LogP) is 8.36. The minimum Gasteiger partial charge on any atom is -0.496 e. The summed E-state index contributed by atoms with van der Waals surface area (Å²) in [6, 6.07) is 8.95. The van der Waals surface area contributed by atoms with Gasteiger partial charge in [0.25, 0.3) is 0 Å². The van der Waals surface area contributed by atoms with Gasteiger partial charge in [-0.15, -0.1) is 0 Å². The normalized spacial score (nSPS) is 13.3. The van der Waals surface area contributed by atoms with Gasteiger partial charge in [-0.2, -0.15) is 0 Å². The first-order valence-corrected chi connectivity index (χ1v) is 17.3. The Bertz CT molecular complexity index is 1120. The minimum atomic E-state index is -4.64. The van der Waals surface area contributed by atoms with Crippen molar-refractivity contribution in [1.82, 2.24) is 0 Å². The van der Waals surface area contributed by atoms with E-state index >= 15 is 0 Å². The third-order valence-electron chi connectivity index (χ3n) is 8.10. The first-order chi connectivity index (χ1) is 17.9. The molecule has 0 heterocycles. The second-order valence-electron chi connectivity index (χ2n) is 10.6. The Morgan fingerprint density at radius 3 is 1.53 bits per heavy atom. The Labute approximate surface area is 228 Å². The number of ether oxygens (including phenoxy) is 1. The maximum atomic E-state index is 13.3. The molecule has 0 aliphatic rings. The predicted molar refractivity (Wildman–Crippen MR) is 156 cm³/mol. The highest BCUT2D eigenvalue weighted by Gasteiger charge is 2.50. The van der Waals surface area contributed by atoms with Crippen molar-refractivity contribution in [3.63, 3.8) is 0 Å². The fraction of sp³-hybridized carbons (Fsp3) is 0.655. The fourth-order valence-corrected chi connectivity index (χ4v) is 8.61. The molecule has 0 amide bonds. The number of hydrogen-bond donors (Lipinski definition) is 4. The zero-order chi connectivity index (χ0) is 28.6. The molecule has 0 unspecified atom stereocenters. The second-order valence-corrected chi connectivity index (χ2v) is 14.5. The third-order valence-corrected chi connectivity index (χ3v) is 11.7. The van der Waals surface area contributed by atoms with Gasteiger partial charge in [0.2, 0.25) is 0 Å². The van der Waals surface area contributed by atoms with Crippen molar-refractivity contribution in [3.05, 3.63) is 41.5 Å². The van der Waals surface area contributed by atoms with Gasteiger partial charge >= 0.3 is 15.2 Å². The summed E-state index contributed by atoms with van der Waals surface area (Å²) in [5.41, 5.74) is 1.09. The summed E-state index contributed by atoms with van der Waals surface area (Å²) in [4.78, 5) is 43.0. The van der Waals surface area contributed by atoms with Gasteiger partial charge in [-0.3, -0.25) is 9.13 Å². The van der Waals surface area contributed by atoms with Gasteiger partial charge in [0.15, 0.2) is 0 Å². The lowest BCUT2D eigenvalue weighted by atomic mass is 9.82. The van der Waals surface area contributed by atoms with Crippen LogP contribution in [0.15, 0.2) is 30.3 Å². The van der Waals surface area contributed by atoms with Gasteiger partial charge in [-0.1, -0.05) is 97.3 Å². The molecule has 0 spiro atoms. The van der Waals surface area contributed by atoms with Gasteiger partial charge in [0.05, 0.1) is 12.3 Å². The van der Waals surface area contributed by atoms with Crippen molar-refractivity contribution in [2.45, 2.75) is 115 Å². The lowest BCUT2D eigenvalue weighted by Gasteiger charge is -2.38. The van der Waals surface area contributed by atoms with Crippen molar-refractivity contribution in [1.29, 1.82) is 0 Å². The molecule has 0 radical (unpaired) electrons. The molecule has 216 valence electrons. The van der Waals surface area contributed by atoms with E-state index in [0.29, 0.717) is 79.0 Å². The molecule has 2 aromatic rings. The smallest absolute Gasteiger partial charge is 0.336 e. The highest BCUT2D eigenvalue weighted by molar-refractivity contribution is 7.53. The second kappa shape index (κ2) is 13.9. The summed E-state index contributed by atoms with van der Waals surface area (Å²) < 4.78 is 32.1. The van der Waals surface area contributed by atoms with Crippen LogP contribution >= 0.6 is 15.2 Å². The van der Waals surface area contributed by atoms with Crippen LogP contribution < -0.4 is 4.74 Å². The van der Waals surface area contributed by atoms with Crippen LogP contribution in [0.2, 0.25) is 0 Å². The Balaban J connectivity index is 2.94. The van der Waals surface area contributed by atoms with Gasteiger partial charge in [-0.05, 0) is 54.2 Å². The SMILES string of the molecule is CCCCC(CCCC)(c1ccc2c(C(CCCC)(CCCC)P(=O)(O)O)c(OC)ccc2c1)P(=O)(O)O. The molecule has 2 rings (SSSR count). The van der Waals surface area contributed by atoms with Gasteiger partial charge in [0.1, 0.15) is 10.9 Å². The molecule has 0 aliphatic carbocycles. The summed E-state index contributed by atoms with van der Waals surface area (Å²) in [7, 11) is -7.66. The lowest BCUT2D eigenvalue weighted by Crippen LogP contribution is -2.28. The third kappa shape index (κ3) is 6.74. The number of unbranched alkanes of at least 4 members (excludes halogenated alkanes) is 4. The van der Waals surface area contributed by atoms with E-state index in [9.17, 15) is 28.7 Å². The van der Waals surface area contributed by atoms with Crippen LogP contribution in [0.4, 0.5) is 0 Å². The summed E-state index contributed by atoms with van der Waals surface area (Å²) >= 11 is 0. The standard InChI is InChI=1S/C29H48O7P2/c1-6-10-18-28(19-11-7-2,37(30,31)32)24-15-16-25-23(22-24)14-17-26(36-5)27(25)29(20-12-8-3,21-13-9-4)38(33,34)35/h14-17,22H,6-13,18-21H2,1-5H3,(H2,30,31,32)(H2,33,34,35). The Morgan fingerprint density at radius 1 is 0.684 bits per heavy atom. The summed E-state index contributed by atoms with van der Waals surface area (Å²) in [6.07, 6.45) is 7.33. The fourth-order valence-electron chi connectivity index (χ4n) is 5.81. The zero-order valence-electron chi connectivity index (χ0n) is 23.8. The van der Waals surface area contributed by atoms with Crippen molar-refractivity contribution < 1.29 is 33.4 Å². The van der Waals surface area contributed by atoms with E-state index in [1.165, 1.54) is 7.11 Å². The average Bonchev–Trinajstić information content (AvgIpc) is 2.87. The number of methoxy groups -OCH3 is 1. The number of hydrogen-bond acceptors (Lipinski definition) is 3. The number of rotatable bonds is 17. The Morgan fingerprint density at radius 2 is 1.13 bits per heavy atom. The largest absolute Gasteiger partial charge is 0.496 e. The molecule has 0 saturated heterocycles. The molecule has 4 N–H and O–H groups in total. The Kier molecular flexibility index (Phi) is 12.1.